The van der Waals surface area contributed by atoms with E-state index in [-0.39, 0.29) is 12.7 Å². The highest BCUT2D eigenvalue weighted by Gasteiger charge is 2.08. The summed E-state index contributed by atoms with van der Waals surface area (Å²) in [7, 11) is 0. The molecule has 0 heterocycles. The summed E-state index contributed by atoms with van der Waals surface area (Å²) in [6, 6.07) is 6.04. The fourth-order valence-electron chi connectivity index (χ4n) is 1.40. The van der Waals surface area contributed by atoms with Crippen LogP contribution in [0.4, 0.5) is 0 Å². The smallest absolute Gasteiger partial charge is 0.122 e. The summed E-state index contributed by atoms with van der Waals surface area (Å²) in [6.45, 7) is 8.46. The number of rotatable bonds is 6. The lowest BCUT2D eigenvalue weighted by atomic mass is 10.1. The first-order chi connectivity index (χ1) is 7.99. The van der Waals surface area contributed by atoms with Gasteiger partial charge in [-0.2, -0.15) is 0 Å². The van der Waals surface area contributed by atoms with Crippen LogP contribution >= 0.6 is 0 Å². The van der Waals surface area contributed by atoms with Crippen LogP contribution in [-0.4, -0.2) is 30.5 Å². The van der Waals surface area contributed by atoms with Crippen LogP contribution in [0.5, 0.6) is 5.75 Å². The van der Waals surface area contributed by atoms with Gasteiger partial charge < -0.3 is 14.6 Å². The second-order valence-corrected chi connectivity index (χ2v) is 4.62. The van der Waals surface area contributed by atoms with E-state index in [1.54, 1.807) is 0 Å². The number of aliphatic hydroxyl groups is 1. The van der Waals surface area contributed by atoms with E-state index in [1.165, 1.54) is 0 Å². The van der Waals surface area contributed by atoms with E-state index >= 15 is 0 Å². The lowest BCUT2D eigenvalue weighted by Crippen LogP contribution is -2.25. The highest BCUT2D eigenvalue weighted by atomic mass is 16.5. The van der Waals surface area contributed by atoms with Crippen molar-refractivity contribution in [2.45, 2.75) is 39.9 Å². The molecule has 0 aromatic heterocycles. The van der Waals surface area contributed by atoms with Crippen LogP contribution in [0.2, 0.25) is 0 Å². The van der Waals surface area contributed by atoms with E-state index in [1.807, 2.05) is 45.9 Å². The minimum absolute atomic E-state index is 0.130. The van der Waals surface area contributed by atoms with Gasteiger partial charge in [-0.25, -0.2) is 0 Å². The molecule has 1 N–H and O–H groups in total. The molecular formula is C14H22O3. The summed E-state index contributed by atoms with van der Waals surface area (Å²) in [5.74, 6) is 0.827. The monoisotopic (exact) mass is 238 g/mol. The van der Waals surface area contributed by atoms with Gasteiger partial charge in [0.2, 0.25) is 0 Å². The van der Waals surface area contributed by atoms with Crippen molar-refractivity contribution in [1.82, 2.24) is 0 Å². The first-order valence-electron chi connectivity index (χ1n) is 5.98. The van der Waals surface area contributed by atoms with Gasteiger partial charge in [-0.1, -0.05) is 12.1 Å². The van der Waals surface area contributed by atoms with Gasteiger partial charge in [-0.05, 0) is 44.9 Å². The van der Waals surface area contributed by atoms with Gasteiger partial charge >= 0.3 is 0 Å². The Bertz CT molecular complexity index is 347. The zero-order chi connectivity index (χ0) is 12.8. The molecule has 1 atom stereocenters. The Labute approximate surface area is 103 Å². The molecule has 3 heteroatoms. The van der Waals surface area contributed by atoms with Crippen molar-refractivity contribution in [2.75, 3.05) is 13.2 Å². The molecule has 0 spiro atoms. The maximum absolute atomic E-state index is 9.67. The highest BCUT2D eigenvalue weighted by Crippen LogP contribution is 2.19. The first-order valence-corrected chi connectivity index (χ1v) is 5.98. The van der Waals surface area contributed by atoms with Gasteiger partial charge in [0.1, 0.15) is 18.5 Å². The summed E-state index contributed by atoms with van der Waals surface area (Å²) in [6.07, 6.45) is -0.456. The Morgan fingerprint density at radius 1 is 1.18 bits per heavy atom. The van der Waals surface area contributed by atoms with Gasteiger partial charge in [0.05, 0.1) is 12.7 Å². The maximum atomic E-state index is 9.67. The van der Waals surface area contributed by atoms with Crippen LogP contribution in [-0.2, 0) is 4.74 Å². The van der Waals surface area contributed by atoms with Crippen molar-refractivity contribution in [2.24, 2.45) is 0 Å². The number of hydrogen-bond donors (Lipinski definition) is 1. The number of benzene rings is 1. The number of hydrogen-bond acceptors (Lipinski definition) is 3. The summed E-state index contributed by atoms with van der Waals surface area (Å²) in [5, 5.41) is 9.67. The average Bonchev–Trinajstić information content (AvgIpc) is 2.27. The van der Waals surface area contributed by atoms with Crippen LogP contribution in [0.25, 0.3) is 0 Å². The molecule has 0 saturated carbocycles. The molecule has 0 saturated heterocycles. The highest BCUT2D eigenvalue weighted by molar-refractivity contribution is 5.35. The standard InChI is InChI=1S/C14H22O3/c1-10(2)16-8-13(15)9-17-14-7-11(3)5-6-12(14)4/h5-7,10,13,15H,8-9H2,1-4H3. The summed E-state index contributed by atoms with van der Waals surface area (Å²) in [4.78, 5) is 0. The van der Waals surface area contributed by atoms with Crippen LogP contribution in [0.3, 0.4) is 0 Å². The molecule has 0 bridgehead atoms. The second kappa shape index (κ2) is 6.62. The molecule has 3 nitrogen and oxygen atoms in total. The minimum Gasteiger partial charge on any atom is -0.491 e. The molecule has 0 radical (unpaired) electrons. The minimum atomic E-state index is -0.586. The van der Waals surface area contributed by atoms with E-state index in [9.17, 15) is 5.11 Å². The Morgan fingerprint density at radius 2 is 1.88 bits per heavy atom. The quantitative estimate of drug-likeness (QED) is 0.827. The molecule has 0 aliphatic rings. The third-order valence-electron chi connectivity index (χ3n) is 2.40. The zero-order valence-electron chi connectivity index (χ0n) is 11.1. The van der Waals surface area contributed by atoms with Crippen LogP contribution in [0.1, 0.15) is 25.0 Å². The predicted molar refractivity (Wildman–Crippen MR) is 68.5 cm³/mol. The van der Waals surface area contributed by atoms with Crippen molar-refractivity contribution >= 4 is 0 Å². The topological polar surface area (TPSA) is 38.7 Å². The molecule has 0 amide bonds. The van der Waals surface area contributed by atoms with Crippen molar-refractivity contribution in [3.05, 3.63) is 29.3 Å². The Hall–Kier alpha value is -1.06. The Kier molecular flexibility index (Phi) is 5.45. The van der Waals surface area contributed by atoms with E-state index in [0.29, 0.717) is 6.61 Å². The van der Waals surface area contributed by atoms with E-state index in [4.69, 9.17) is 9.47 Å². The Morgan fingerprint density at radius 3 is 2.53 bits per heavy atom. The first kappa shape index (κ1) is 14.0. The lowest BCUT2D eigenvalue weighted by molar-refractivity contribution is -0.0123. The maximum Gasteiger partial charge on any atom is 0.122 e. The molecule has 1 unspecified atom stereocenters. The third-order valence-corrected chi connectivity index (χ3v) is 2.40. The second-order valence-electron chi connectivity index (χ2n) is 4.62. The normalized spacial score (nSPS) is 12.8. The number of aryl methyl sites for hydroxylation is 2. The van der Waals surface area contributed by atoms with Crippen molar-refractivity contribution < 1.29 is 14.6 Å². The molecule has 17 heavy (non-hydrogen) atoms. The fraction of sp³-hybridized carbons (Fsp3) is 0.571. The number of aliphatic hydroxyl groups excluding tert-OH is 1. The van der Waals surface area contributed by atoms with Crippen LogP contribution in [0, 0.1) is 13.8 Å². The van der Waals surface area contributed by atoms with Gasteiger partial charge in [-0.15, -0.1) is 0 Å². The van der Waals surface area contributed by atoms with Gasteiger partial charge in [0.15, 0.2) is 0 Å². The molecule has 96 valence electrons. The predicted octanol–water partition coefficient (Wildman–Crippen LogP) is 2.47. The molecule has 1 aromatic carbocycles. The largest absolute Gasteiger partial charge is 0.491 e. The fourth-order valence-corrected chi connectivity index (χ4v) is 1.40. The molecule has 1 aromatic rings. The summed E-state index contributed by atoms with van der Waals surface area (Å²) >= 11 is 0. The SMILES string of the molecule is Cc1ccc(C)c(OCC(O)COC(C)C)c1. The summed E-state index contributed by atoms with van der Waals surface area (Å²) in [5.41, 5.74) is 2.23. The lowest BCUT2D eigenvalue weighted by Gasteiger charge is -2.15. The third kappa shape index (κ3) is 5.20. The molecular weight excluding hydrogens is 216 g/mol. The number of ether oxygens (including phenoxy) is 2. The zero-order valence-corrected chi connectivity index (χ0v) is 11.1. The van der Waals surface area contributed by atoms with Crippen molar-refractivity contribution in [3.8, 4) is 5.75 Å². The average molecular weight is 238 g/mol. The molecule has 0 aliphatic carbocycles. The van der Waals surface area contributed by atoms with Crippen molar-refractivity contribution in [1.29, 1.82) is 0 Å². The van der Waals surface area contributed by atoms with Gasteiger partial charge in [0.25, 0.3) is 0 Å². The van der Waals surface area contributed by atoms with Gasteiger partial charge in [-0.3, -0.25) is 0 Å². The van der Waals surface area contributed by atoms with E-state index in [0.717, 1.165) is 16.9 Å². The van der Waals surface area contributed by atoms with Gasteiger partial charge in [0, 0.05) is 0 Å². The molecule has 1 rings (SSSR count). The summed E-state index contributed by atoms with van der Waals surface area (Å²) < 4.78 is 10.9. The molecule has 0 aliphatic heterocycles. The molecule has 0 fully saturated rings. The Balaban J connectivity index is 2.41. The van der Waals surface area contributed by atoms with E-state index in [2.05, 4.69) is 0 Å². The van der Waals surface area contributed by atoms with Crippen molar-refractivity contribution in [3.63, 3.8) is 0 Å². The van der Waals surface area contributed by atoms with Crippen LogP contribution < -0.4 is 4.74 Å². The van der Waals surface area contributed by atoms with E-state index < -0.39 is 6.10 Å². The van der Waals surface area contributed by atoms with Crippen LogP contribution in [0.15, 0.2) is 18.2 Å².